The number of carbonyl (C=O) groups excluding carboxylic acids is 1. The average Bonchev–Trinajstić information content (AvgIpc) is 3.69. The maximum absolute atomic E-state index is 13.4. The minimum Gasteiger partial charge on any atom is -0.394 e. The maximum Gasteiger partial charge on any atom is 0.220 e. The SMILES string of the molecule is CCCCCCCCCCCCCCCCCCCCCCCC/C=C/C(O)C(COC1OC(CO)C(OC2OC(CO)C(OC3OC(CO)C(O)C(O)C3O)C(O)C2O)C(O)C1O)NC(=O)CCCCCCCCCCCCCCCCCCC. The molecule has 0 aliphatic carbocycles. The highest BCUT2D eigenvalue weighted by molar-refractivity contribution is 5.76. The highest BCUT2D eigenvalue weighted by Gasteiger charge is 2.53. The summed E-state index contributed by atoms with van der Waals surface area (Å²) in [7, 11) is 0. The van der Waals surface area contributed by atoms with E-state index < -0.39 is 124 Å². The molecule has 0 radical (unpaired) electrons. The minimum absolute atomic E-state index is 0.249. The number of carbonyl (C=O) groups is 1. The van der Waals surface area contributed by atoms with Crippen LogP contribution in [-0.4, -0.2) is 193 Å². The monoisotopic (exact) mass is 1230 g/mol. The van der Waals surface area contributed by atoms with Gasteiger partial charge in [-0.05, 0) is 19.3 Å². The summed E-state index contributed by atoms with van der Waals surface area (Å²) in [6.07, 6.45) is 27.6. The standard InChI is InChI=1S/C67H127NO18/c1-3-5-7-9-11-13-15-17-19-21-22-23-24-25-26-27-29-30-32-34-36-38-40-42-44-51(72)50(68-55(73)45-43-41-39-37-35-33-31-28-20-18-16-14-12-10-8-6-4-2)49-81-65-61(79)58(76)63(53(47-70)83-65)86-67-62(80)59(77)64(54(48-71)84-67)85-66-60(78)57(75)56(74)52(46-69)82-66/h42,44,50-54,56-67,69-72,74-80H,3-41,43,45-49H2,1-2H3,(H,68,73)/b44-42+. The maximum atomic E-state index is 13.4. The zero-order chi connectivity index (χ0) is 62.6. The first-order valence-electron chi connectivity index (χ1n) is 34.9. The van der Waals surface area contributed by atoms with Gasteiger partial charge in [0.05, 0.1) is 38.6 Å². The minimum atomic E-state index is -1.98. The summed E-state index contributed by atoms with van der Waals surface area (Å²) in [6.45, 7) is 1.77. The van der Waals surface area contributed by atoms with Crippen LogP contribution in [0.4, 0.5) is 0 Å². The third-order valence-corrected chi connectivity index (χ3v) is 17.8. The number of ether oxygens (including phenoxy) is 6. The number of rotatable bonds is 54. The first-order valence-corrected chi connectivity index (χ1v) is 34.9. The van der Waals surface area contributed by atoms with Gasteiger partial charge in [0, 0.05) is 6.42 Å². The van der Waals surface area contributed by atoms with E-state index in [1.54, 1.807) is 6.08 Å². The smallest absolute Gasteiger partial charge is 0.220 e. The Morgan fingerprint density at radius 3 is 1.09 bits per heavy atom. The van der Waals surface area contributed by atoms with Gasteiger partial charge >= 0.3 is 0 Å². The predicted molar refractivity (Wildman–Crippen MR) is 333 cm³/mol. The van der Waals surface area contributed by atoms with Crippen LogP contribution in [0.2, 0.25) is 0 Å². The topological polar surface area (TPSA) is 307 Å². The molecule has 0 spiro atoms. The number of nitrogens with one attached hydrogen (secondary N) is 1. The summed E-state index contributed by atoms with van der Waals surface area (Å²) in [6, 6.07) is -0.968. The van der Waals surface area contributed by atoms with Crippen molar-refractivity contribution in [1.82, 2.24) is 5.32 Å². The fourth-order valence-corrected chi connectivity index (χ4v) is 12.1. The molecule has 1 amide bonds. The molecule has 0 saturated carbocycles. The van der Waals surface area contributed by atoms with Gasteiger partial charge in [0.15, 0.2) is 18.9 Å². The Bertz CT molecular complexity index is 1620. The third kappa shape index (κ3) is 32.2. The van der Waals surface area contributed by atoms with Crippen LogP contribution in [0.15, 0.2) is 12.2 Å². The fraction of sp³-hybridized carbons (Fsp3) is 0.955. The molecular weight excluding hydrogens is 1110 g/mol. The van der Waals surface area contributed by atoms with E-state index in [1.165, 1.54) is 205 Å². The van der Waals surface area contributed by atoms with Crippen molar-refractivity contribution in [3.05, 3.63) is 12.2 Å². The Morgan fingerprint density at radius 1 is 0.407 bits per heavy atom. The number of amides is 1. The van der Waals surface area contributed by atoms with Gasteiger partial charge in [-0.25, -0.2) is 0 Å². The lowest BCUT2D eigenvalue weighted by Gasteiger charge is -2.48. The second-order valence-electron chi connectivity index (χ2n) is 25.4. The van der Waals surface area contributed by atoms with Gasteiger partial charge in [-0.2, -0.15) is 0 Å². The van der Waals surface area contributed by atoms with E-state index in [0.717, 1.165) is 44.9 Å². The quantitative estimate of drug-likeness (QED) is 0.0200. The second-order valence-corrected chi connectivity index (χ2v) is 25.4. The summed E-state index contributed by atoms with van der Waals surface area (Å²) in [5.74, 6) is -0.270. The molecule has 0 aromatic carbocycles. The summed E-state index contributed by atoms with van der Waals surface area (Å²) in [4.78, 5) is 13.4. The predicted octanol–water partition coefficient (Wildman–Crippen LogP) is 8.89. The molecular formula is C67H127NO18. The van der Waals surface area contributed by atoms with Gasteiger partial charge in [0.1, 0.15) is 73.2 Å². The Labute approximate surface area is 518 Å². The number of aliphatic hydroxyl groups excluding tert-OH is 11. The molecule has 17 atom stereocenters. The fourth-order valence-electron chi connectivity index (χ4n) is 12.1. The Morgan fingerprint density at radius 2 is 0.721 bits per heavy atom. The van der Waals surface area contributed by atoms with Crippen molar-refractivity contribution >= 4 is 5.91 Å². The molecule has 0 aromatic rings. The van der Waals surface area contributed by atoms with Crippen molar-refractivity contribution in [1.29, 1.82) is 0 Å². The van der Waals surface area contributed by atoms with Gasteiger partial charge in [-0.15, -0.1) is 0 Å². The third-order valence-electron chi connectivity index (χ3n) is 17.8. The van der Waals surface area contributed by atoms with E-state index in [0.29, 0.717) is 6.42 Å². The van der Waals surface area contributed by atoms with E-state index >= 15 is 0 Å². The zero-order valence-corrected chi connectivity index (χ0v) is 53.6. The highest BCUT2D eigenvalue weighted by atomic mass is 16.8. The molecule has 3 aliphatic rings. The van der Waals surface area contributed by atoms with Crippen LogP contribution in [-0.2, 0) is 33.2 Å². The van der Waals surface area contributed by atoms with Crippen molar-refractivity contribution < 1.29 is 89.4 Å². The van der Waals surface area contributed by atoms with Crippen LogP contribution in [0.3, 0.4) is 0 Å². The largest absolute Gasteiger partial charge is 0.394 e. The van der Waals surface area contributed by atoms with Crippen molar-refractivity contribution in [2.75, 3.05) is 26.4 Å². The molecule has 3 fully saturated rings. The van der Waals surface area contributed by atoms with Gasteiger partial charge in [-0.3, -0.25) is 4.79 Å². The molecule has 17 unspecified atom stereocenters. The summed E-state index contributed by atoms with van der Waals surface area (Å²) < 4.78 is 34.4. The van der Waals surface area contributed by atoms with E-state index in [9.17, 15) is 61.0 Å². The number of hydrogen-bond donors (Lipinski definition) is 12. The van der Waals surface area contributed by atoms with Crippen LogP contribution in [0.5, 0.6) is 0 Å². The van der Waals surface area contributed by atoms with Crippen LogP contribution in [0, 0.1) is 0 Å². The van der Waals surface area contributed by atoms with E-state index in [1.807, 2.05) is 6.08 Å². The normalized spacial score (nSPS) is 28.8. The molecule has 508 valence electrons. The van der Waals surface area contributed by atoms with Crippen LogP contribution >= 0.6 is 0 Å². The summed E-state index contributed by atoms with van der Waals surface area (Å²) in [5.41, 5.74) is 0. The molecule has 12 N–H and O–H groups in total. The number of unbranched alkanes of at least 4 members (excludes halogenated alkanes) is 38. The van der Waals surface area contributed by atoms with Crippen molar-refractivity contribution in [2.45, 2.75) is 381 Å². The molecule has 19 nitrogen and oxygen atoms in total. The van der Waals surface area contributed by atoms with Crippen LogP contribution in [0.1, 0.15) is 277 Å². The average molecular weight is 1230 g/mol. The Kier molecular flexibility index (Phi) is 45.9. The lowest BCUT2D eigenvalue weighted by Crippen LogP contribution is -2.66. The zero-order valence-electron chi connectivity index (χ0n) is 53.6. The Balaban J connectivity index is 1.44. The molecule has 3 saturated heterocycles. The van der Waals surface area contributed by atoms with E-state index in [2.05, 4.69) is 19.2 Å². The Hall–Kier alpha value is -1.47. The molecule has 3 aliphatic heterocycles. The van der Waals surface area contributed by atoms with Gasteiger partial charge in [-0.1, -0.05) is 264 Å². The van der Waals surface area contributed by atoms with Gasteiger partial charge < -0.3 is 89.9 Å². The number of aliphatic hydroxyl groups is 11. The van der Waals surface area contributed by atoms with Crippen molar-refractivity contribution in [3.63, 3.8) is 0 Å². The molecule has 3 heterocycles. The highest BCUT2D eigenvalue weighted by Crippen LogP contribution is 2.33. The number of allylic oxidation sites excluding steroid dienone is 1. The van der Waals surface area contributed by atoms with Crippen LogP contribution in [0.25, 0.3) is 0 Å². The van der Waals surface area contributed by atoms with Gasteiger partial charge in [0.25, 0.3) is 0 Å². The lowest BCUT2D eigenvalue weighted by atomic mass is 9.96. The number of hydrogen-bond acceptors (Lipinski definition) is 18. The van der Waals surface area contributed by atoms with Crippen LogP contribution < -0.4 is 5.32 Å². The second kappa shape index (κ2) is 50.1. The van der Waals surface area contributed by atoms with Crippen molar-refractivity contribution in [3.8, 4) is 0 Å². The molecule has 86 heavy (non-hydrogen) atoms. The van der Waals surface area contributed by atoms with E-state index in [-0.39, 0.29) is 18.9 Å². The summed E-state index contributed by atoms with van der Waals surface area (Å²) in [5, 5.41) is 120. The molecule has 0 bridgehead atoms. The first kappa shape index (κ1) is 78.8. The van der Waals surface area contributed by atoms with Crippen molar-refractivity contribution in [2.24, 2.45) is 0 Å². The summed E-state index contributed by atoms with van der Waals surface area (Å²) >= 11 is 0. The molecule has 19 heteroatoms. The molecule has 3 rings (SSSR count). The van der Waals surface area contributed by atoms with Gasteiger partial charge in [0.2, 0.25) is 5.91 Å². The van der Waals surface area contributed by atoms with E-state index in [4.69, 9.17) is 28.4 Å². The first-order chi connectivity index (χ1) is 41.8. The lowest BCUT2D eigenvalue weighted by molar-refractivity contribution is -0.379. The molecule has 0 aromatic heterocycles.